The number of amides is 2. The Kier molecular flexibility index (Phi) is 5.82. The van der Waals surface area contributed by atoms with Crippen LogP contribution in [0.1, 0.15) is 17.5 Å². The van der Waals surface area contributed by atoms with E-state index in [0.717, 1.165) is 29.9 Å². The van der Waals surface area contributed by atoms with E-state index in [2.05, 4.69) is 15.6 Å². The molecule has 0 radical (unpaired) electrons. The van der Waals surface area contributed by atoms with Gasteiger partial charge in [-0.05, 0) is 31.0 Å². The Morgan fingerprint density at radius 3 is 2.86 bits per heavy atom. The number of pyridine rings is 1. The highest BCUT2D eigenvalue weighted by Gasteiger charge is 2.08. The molecule has 0 aromatic carbocycles. The second kappa shape index (κ2) is 8.07. The van der Waals surface area contributed by atoms with E-state index in [1.165, 1.54) is 0 Å². The molecule has 0 aliphatic carbocycles. The Morgan fingerprint density at radius 1 is 1.32 bits per heavy atom. The van der Waals surface area contributed by atoms with Crippen LogP contribution in [-0.4, -0.2) is 36.1 Å². The van der Waals surface area contributed by atoms with Crippen LogP contribution < -0.4 is 10.6 Å². The molecule has 2 amide bonds. The van der Waals surface area contributed by atoms with Crippen molar-refractivity contribution in [3.8, 4) is 0 Å². The predicted molar refractivity (Wildman–Crippen MR) is 85.7 cm³/mol. The quantitative estimate of drug-likeness (QED) is 0.771. The fraction of sp³-hybridized carbons (Fsp3) is 0.375. The number of urea groups is 1. The summed E-state index contributed by atoms with van der Waals surface area (Å²) < 4.78 is 4.99. The fourth-order valence-corrected chi connectivity index (χ4v) is 1.94. The molecule has 0 saturated carbocycles. The molecular formula is C16H22N4O2. The summed E-state index contributed by atoms with van der Waals surface area (Å²) in [5.41, 5.74) is 2.11. The second-order valence-electron chi connectivity index (χ2n) is 5.22. The highest BCUT2D eigenvalue weighted by atomic mass is 16.3. The van der Waals surface area contributed by atoms with Crippen molar-refractivity contribution >= 4 is 11.8 Å². The molecule has 6 nitrogen and oxygen atoms in total. The van der Waals surface area contributed by atoms with Crippen LogP contribution >= 0.6 is 0 Å². The van der Waals surface area contributed by atoms with Gasteiger partial charge in [0.2, 0.25) is 0 Å². The number of furan rings is 1. The second-order valence-corrected chi connectivity index (χ2v) is 5.22. The first-order valence-corrected chi connectivity index (χ1v) is 7.32. The predicted octanol–water partition coefficient (Wildman–Crippen LogP) is 2.63. The van der Waals surface area contributed by atoms with Crippen molar-refractivity contribution in [1.29, 1.82) is 0 Å². The minimum absolute atomic E-state index is 0.0883. The van der Waals surface area contributed by atoms with Crippen molar-refractivity contribution in [2.24, 2.45) is 0 Å². The van der Waals surface area contributed by atoms with Crippen molar-refractivity contribution < 1.29 is 9.21 Å². The summed E-state index contributed by atoms with van der Waals surface area (Å²) in [5.74, 6) is 0.856. The standard InChI is InChI=1S/C16H22N4O2/c1-13-4-5-15(19-10-13)17-7-3-8-18-16(21)20(2)11-14-6-9-22-12-14/h4-6,9-10,12H,3,7-8,11H2,1-2H3,(H,17,19)(H,18,21). The van der Waals surface area contributed by atoms with Crippen LogP contribution in [0.4, 0.5) is 10.6 Å². The number of rotatable bonds is 7. The molecular weight excluding hydrogens is 280 g/mol. The first-order chi connectivity index (χ1) is 10.6. The zero-order valence-electron chi connectivity index (χ0n) is 13.0. The van der Waals surface area contributed by atoms with E-state index in [-0.39, 0.29) is 6.03 Å². The Morgan fingerprint density at radius 2 is 2.18 bits per heavy atom. The van der Waals surface area contributed by atoms with Gasteiger partial charge in [0.05, 0.1) is 19.1 Å². The third kappa shape index (κ3) is 5.12. The minimum atomic E-state index is -0.0883. The molecule has 2 aromatic heterocycles. The summed E-state index contributed by atoms with van der Waals surface area (Å²) in [7, 11) is 1.76. The SMILES string of the molecule is Cc1ccc(NCCCNC(=O)N(C)Cc2ccoc2)nc1. The Bertz CT molecular complexity index is 566. The lowest BCUT2D eigenvalue weighted by atomic mass is 10.3. The highest BCUT2D eigenvalue weighted by molar-refractivity contribution is 5.73. The van der Waals surface area contributed by atoms with Gasteiger partial charge >= 0.3 is 6.03 Å². The molecule has 0 bridgehead atoms. The minimum Gasteiger partial charge on any atom is -0.472 e. The smallest absolute Gasteiger partial charge is 0.317 e. The zero-order valence-corrected chi connectivity index (χ0v) is 13.0. The van der Waals surface area contributed by atoms with E-state index in [1.807, 2.05) is 31.3 Å². The number of hydrogen-bond acceptors (Lipinski definition) is 4. The monoisotopic (exact) mass is 302 g/mol. The third-order valence-electron chi connectivity index (χ3n) is 3.19. The van der Waals surface area contributed by atoms with Gasteiger partial charge in [-0.25, -0.2) is 9.78 Å². The van der Waals surface area contributed by atoms with Gasteiger partial charge in [0.1, 0.15) is 5.82 Å². The van der Waals surface area contributed by atoms with Crippen LogP contribution in [-0.2, 0) is 6.54 Å². The maximum absolute atomic E-state index is 11.9. The molecule has 0 fully saturated rings. The molecule has 118 valence electrons. The van der Waals surface area contributed by atoms with Crippen LogP contribution in [0, 0.1) is 6.92 Å². The molecule has 0 saturated heterocycles. The lowest BCUT2D eigenvalue weighted by Gasteiger charge is -2.17. The van der Waals surface area contributed by atoms with Gasteiger partial charge in [-0.1, -0.05) is 6.07 Å². The molecule has 0 unspecified atom stereocenters. The Hall–Kier alpha value is -2.50. The van der Waals surface area contributed by atoms with E-state index >= 15 is 0 Å². The van der Waals surface area contributed by atoms with Gasteiger partial charge < -0.3 is 20.0 Å². The summed E-state index contributed by atoms with van der Waals surface area (Å²) in [5, 5.41) is 6.11. The van der Waals surface area contributed by atoms with E-state index in [1.54, 1.807) is 24.5 Å². The molecule has 22 heavy (non-hydrogen) atoms. The average Bonchev–Trinajstić information content (AvgIpc) is 3.01. The molecule has 0 spiro atoms. The van der Waals surface area contributed by atoms with Crippen LogP contribution in [0.15, 0.2) is 41.3 Å². The number of carbonyl (C=O) groups is 1. The maximum Gasteiger partial charge on any atom is 0.317 e. The van der Waals surface area contributed by atoms with Crippen LogP contribution in [0.5, 0.6) is 0 Å². The first kappa shape index (κ1) is 15.9. The third-order valence-corrected chi connectivity index (χ3v) is 3.19. The van der Waals surface area contributed by atoms with Crippen LogP contribution in [0.2, 0.25) is 0 Å². The Labute approximate surface area is 130 Å². The fourth-order valence-electron chi connectivity index (χ4n) is 1.94. The molecule has 2 N–H and O–H groups in total. The number of hydrogen-bond donors (Lipinski definition) is 2. The van der Waals surface area contributed by atoms with Gasteiger partial charge in [-0.3, -0.25) is 0 Å². The molecule has 6 heteroatoms. The molecule has 2 rings (SSSR count). The lowest BCUT2D eigenvalue weighted by Crippen LogP contribution is -2.37. The van der Waals surface area contributed by atoms with Crippen molar-refractivity contribution in [3.63, 3.8) is 0 Å². The molecule has 0 aliphatic heterocycles. The number of nitrogens with one attached hydrogen (secondary N) is 2. The van der Waals surface area contributed by atoms with Gasteiger partial charge in [-0.15, -0.1) is 0 Å². The van der Waals surface area contributed by atoms with Crippen LogP contribution in [0.25, 0.3) is 0 Å². The Balaban J connectivity index is 1.59. The zero-order chi connectivity index (χ0) is 15.8. The largest absolute Gasteiger partial charge is 0.472 e. The first-order valence-electron chi connectivity index (χ1n) is 7.32. The normalized spacial score (nSPS) is 10.3. The maximum atomic E-state index is 11.9. The van der Waals surface area contributed by atoms with E-state index in [9.17, 15) is 4.79 Å². The van der Waals surface area contributed by atoms with Gasteiger partial charge in [-0.2, -0.15) is 0 Å². The number of carbonyl (C=O) groups excluding carboxylic acids is 1. The van der Waals surface area contributed by atoms with Crippen LogP contribution in [0.3, 0.4) is 0 Å². The van der Waals surface area contributed by atoms with Gasteiger partial charge in [0.25, 0.3) is 0 Å². The molecule has 2 heterocycles. The van der Waals surface area contributed by atoms with Gasteiger partial charge in [0, 0.05) is 31.9 Å². The van der Waals surface area contributed by atoms with Crippen molar-refractivity contribution in [1.82, 2.24) is 15.2 Å². The summed E-state index contributed by atoms with van der Waals surface area (Å²) in [4.78, 5) is 17.8. The number of anilines is 1. The number of aromatic nitrogens is 1. The molecule has 0 aliphatic rings. The van der Waals surface area contributed by atoms with Gasteiger partial charge in [0.15, 0.2) is 0 Å². The van der Waals surface area contributed by atoms with E-state index in [0.29, 0.717) is 13.1 Å². The van der Waals surface area contributed by atoms with E-state index < -0.39 is 0 Å². The highest BCUT2D eigenvalue weighted by Crippen LogP contribution is 2.04. The summed E-state index contributed by atoms with van der Waals surface area (Å²) in [6.07, 6.45) is 5.91. The topological polar surface area (TPSA) is 70.4 Å². The summed E-state index contributed by atoms with van der Waals surface area (Å²) in [6.45, 7) is 3.93. The number of nitrogens with zero attached hydrogens (tertiary/aromatic N) is 2. The van der Waals surface area contributed by atoms with E-state index in [4.69, 9.17) is 4.42 Å². The average molecular weight is 302 g/mol. The summed E-state index contributed by atoms with van der Waals surface area (Å²) in [6, 6.07) is 5.73. The molecule has 2 aromatic rings. The van der Waals surface area contributed by atoms with Crippen molar-refractivity contribution in [3.05, 3.63) is 48.0 Å². The lowest BCUT2D eigenvalue weighted by molar-refractivity contribution is 0.207. The van der Waals surface area contributed by atoms with Crippen molar-refractivity contribution in [2.45, 2.75) is 19.9 Å². The molecule has 0 atom stereocenters. The van der Waals surface area contributed by atoms with Crippen molar-refractivity contribution in [2.75, 3.05) is 25.5 Å². The number of aryl methyl sites for hydroxylation is 1. The summed E-state index contributed by atoms with van der Waals surface area (Å²) >= 11 is 0.